The van der Waals surface area contributed by atoms with Crippen molar-refractivity contribution in [3.8, 4) is 0 Å². The Labute approximate surface area is 150 Å². The lowest BCUT2D eigenvalue weighted by Crippen LogP contribution is -2.48. The van der Waals surface area contributed by atoms with Crippen molar-refractivity contribution in [3.63, 3.8) is 0 Å². The van der Waals surface area contributed by atoms with Crippen molar-refractivity contribution in [2.75, 3.05) is 19.6 Å². The molecule has 1 N–H and O–H groups in total. The number of nitrogens with one attached hydrogen (secondary N) is 1. The molecule has 1 aromatic heterocycles. The van der Waals surface area contributed by atoms with Gasteiger partial charge in [0.25, 0.3) is 0 Å². The molecule has 1 aromatic carbocycles. The SMILES string of the molecule is CCN1CCC(N(C(=O)CCc2c[nH]c3ccccc23)C2CC2)CC1. The van der Waals surface area contributed by atoms with Crippen molar-refractivity contribution in [2.45, 2.75) is 57.5 Å². The van der Waals surface area contributed by atoms with Gasteiger partial charge in [-0.1, -0.05) is 25.1 Å². The van der Waals surface area contributed by atoms with Gasteiger partial charge in [0.2, 0.25) is 5.91 Å². The molecule has 2 fully saturated rings. The third-order valence-corrected chi connectivity index (χ3v) is 5.91. The van der Waals surface area contributed by atoms with Crippen LogP contribution < -0.4 is 0 Å². The molecule has 1 saturated heterocycles. The monoisotopic (exact) mass is 339 g/mol. The minimum Gasteiger partial charge on any atom is -0.361 e. The summed E-state index contributed by atoms with van der Waals surface area (Å²) in [6.07, 6.45) is 8.22. The number of aryl methyl sites for hydroxylation is 1. The van der Waals surface area contributed by atoms with Gasteiger partial charge in [-0.2, -0.15) is 0 Å². The molecule has 1 saturated carbocycles. The molecule has 4 nitrogen and oxygen atoms in total. The van der Waals surface area contributed by atoms with E-state index in [9.17, 15) is 4.79 Å². The molecule has 4 heteroatoms. The summed E-state index contributed by atoms with van der Waals surface area (Å²) in [5, 5.41) is 1.25. The van der Waals surface area contributed by atoms with Crippen molar-refractivity contribution < 1.29 is 4.79 Å². The summed E-state index contributed by atoms with van der Waals surface area (Å²) >= 11 is 0. The second-order valence-electron chi connectivity index (χ2n) is 7.56. The molecular formula is C21H29N3O. The molecule has 0 unspecified atom stereocenters. The van der Waals surface area contributed by atoms with Gasteiger partial charge >= 0.3 is 0 Å². The number of aromatic nitrogens is 1. The first kappa shape index (κ1) is 16.6. The number of aromatic amines is 1. The lowest BCUT2D eigenvalue weighted by molar-refractivity contribution is -0.135. The number of hydrogen-bond donors (Lipinski definition) is 1. The Balaban J connectivity index is 1.40. The molecule has 1 aliphatic carbocycles. The Kier molecular flexibility index (Phi) is 4.80. The van der Waals surface area contributed by atoms with Gasteiger partial charge in [-0.3, -0.25) is 4.79 Å². The van der Waals surface area contributed by atoms with Gasteiger partial charge in [0.1, 0.15) is 0 Å². The number of hydrogen-bond acceptors (Lipinski definition) is 2. The number of rotatable bonds is 6. The van der Waals surface area contributed by atoms with E-state index in [1.807, 2.05) is 6.07 Å². The van der Waals surface area contributed by atoms with Crippen LogP contribution >= 0.6 is 0 Å². The molecular weight excluding hydrogens is 310 g/mol. The smallest absolute Gasteiger partial charge is 0.223 e. The highest BCUT2D eigenvalue weighted by Crippen LogP contribution is 2.33. The Morgan fingerprint density at radius 2 is 1.88 bits per heavy atom. The summed E-state index contributed by atoms with van der Waals surface area (Å²) in [5.74, 6) is 0.364. The molecule has 1 amide bonds. The number of fused-ring (bicyclic) bond motifs is 1. The zero-order chi connectivity index (χ0) is 17.2. The first-order valence-corrected chi connectivity index (χ1v) is 9.84. The second-order valence-corrected chi connectivity index (χ2v) is 7.56. The standard InChI is InChI=1S/C21H29N3O/c1-2-23-13-11-18(12-14-23)24(17-8-9-17)21(25)10-7-16-15-22-20-6-4-3-5-19(16)20/h3-6,15,17-18,22H,2,7-14H2,1H3. The molecule has 0 spiro atoms. The van der Waals surface area contributed by atoms with Crippen molar-refractivity contribution in [2.24, 2.45) is 0 Å². The van der Waals surface area contributed by atoms with E-state index >= 15 is 0 Å². The van der Waals surface area contributed by atoms with Crippen LogP contribution in [0.15, 0.2) is 30.5 Å². The fourth-order valence-electron chi connectivity index (χ4n) is 4.28. The summed E-state index contributed by atoms with van der Waals surface area (Å²) in [6.45, 7) is 5.64. The molecule has 25 heavy (non-hydrogen) atoms. The largest absolute Gasteiger partial charge is 0.361 e. The maximum atomic E-state index is 13.0. The van der Waals surface area contributed by atoms with E-state index in [2.05, 4.69) is 46.1 Å². The molecule has 2 aromatic rings. The van der Waals surface area contributed by atoms with Crippen molar-refractivity contribution in [1.29, 1.82) is 0 Å². The van der Waals surface area contributed by atoms with Crippen LogP contribution in [0.2, 0.25) is 0 Å². The number of para-hydroxylation sites is 1. The Morgan fingerprint density at radius 3 is 2.60 bits per heavy atom. The Bertz CT molecular complexity index is 726. The quantitative estimate of drug-likeness (QED) is 0.874. The maximum absolute atomic E-state index is 13.0. The van der Waals surface area contributed by atoms with Crippen molar-refractivity contribution >= 4 is 16.8 Å². The van der Waals surface area contributed by atoms with Crippen LogP contribution in [0.3, 0.4) is 0 Å². The zero-order valence-corrected chi connectivity index (χ0v) is 15.2. The number of benzene rings is 1. The Hall–Kier alpha value is -1.81. The van der Waals surface area contributed by atoms with Gasteiger partial charge in [-0.05, 0) is 50.3 Å². The third-order valence-electron chi connectivity index (χ3n) is 5.91. The molecule has 0 bridgehead atoms. The molecule has 0 radical (unpaired) electrons. The lowest BCUT2D eigenvalue weighted by Gasteiger charge is -2.38. The fraction of sp³-hybridized carbons (Fsp3) is 0.571. The first-order valence-electron chi connectivity index (χ1n) is 9.84. The lowest BCUT2D eigenvalue weighted by atomic mass is 10.0. The maximum Gasteiger partial charge on any atom is 0.223 e. The number of nitrogens with zero attached hydrogens (tertiary/aromatic N) is 2. The van der Waals surface area contributed by atoms with Gasteiger partial charge in [-0.15, -0.1) is 0 Å². The van der Waals surface area contributed by atoms with Crippen LogP contribution in [0.4, 0.5) is 0 Å². The topological polar surface area (TPSA) is 39.3 Å². The molecule has 2 heterocycles. The summed E-state index contributed by atoms with van der Waals surface area (Å²) in [6, 6.07) is 9.34. The minimum absolute atomic E-state index is 0.364. The van der Waals surface area contributed by atoms with Gasteiger partial charge in [0.05, 0.1) is 0 Å². The average Bonchev–Trinajstić information content (AvgIpc) is 3.40. The van der Waals surface area contributed by atoms with Crippen molar-refractivity contribution in [3.05, 3.63) is 36.0 Å². The van der Waals surface area contributed by atoms with E-state index in [-0.39, 0.29) is 0 Å². The van der Waals surface area contributed by atoms with Crippen LogP contribution in [-0.4, -0.2) is 52.4 Å². The van der Waals surface area contributed by atoms with Crippen LogP contribution in [0.1, 0.15) is 44.6 Å². The third kappa shape index (κ3) is 3.59. The van der Waals surface area contributed by atoms with Crippen LogP contribution in [0.5, 0.6) is 0 Å². The predicted octanol–water partition coefficient (Wildman–Crippen LogP) is 3.58. The normalized spacial score (nSPS) is 19.4. The average molecular weight is 339 g/mol. The minimum atomic E-state index is 0.364. The highest BCUT2D eigenvalue weighted by atomic mass is 16.2. The van der Waals surface area contributed by atoms with Gasteiger partial charge in [0.15, 0.2) is 0 Å². The van der Waals surface area contributed by atoms with Crippen molar-refractivity contribution in [1.82, 2.24) is 14.8 Å². The summed E-state index contributed by atoms with van der Waals surface area (Å²) in [4.78, 5) is 21.1. The fourth-order valence-corrected chi connectivity index (χ4v) is 4.28. The van der Waals surface area contributed by atoms with E-state index in [0.29, 0.717) is 24.4 Å². The molecule has 4 rings (SSSR count). The molecule has 1 aliphatic heterocycles. The number of piperidine rings is 1. The summed E-state index contributed by atoms with van der Waals surface area (Å²) in [5.41, 5.74) is 2.43. The zero-order valence-electron chi connectivity index (χ0n) is 15.2. The van der Waals surface area contributed by atoms with E-state index in [1.165, 1.54) is 23.8 Å². The highest BCUT2D eigenvalue weighted by Gasteiger charge is 2.38. The molecule has 0 atom stereocenters. The van der Waals surface area contributed by atoms with Crippen LogP contribution in [0.25, 0.3) is 10.9 Å². The number of likely N-dealkylation sites (tertiary alicyclic amines) is 1. The van der Waals surface area contributed by atoms with E-state index in [0.717, 1.165) is 44.4 Å². The van der Waals surface area contributed by atoms with E-state index < -0.39 is 0 Å². The Morgan fingerprint density at radius 1 is 1.16 bits per heavy atom. The summed E-state index contributed by atoms with van der Waals surface area (Å²) in [7, 11) is 0. The molecule has 134 valence electrons. The van der Waals surface area contributed by atoms with Gasteiger partial charge < -0.3 is 14.8 Å². The van der Waals surface area contributed by atoms with E-state index in [4.69, 9.17) is 0 Å². The first-order chi connectivity index (χ1) is 12.3. The number of H-pyrrole nitrogens is 1. The summed E-state index contributed by atoms with van der Waals surface area (Å²) < 4.78 is 0. The number of carbonyl (C=O) groups is 1. The van der Waals surface area contributed by atoms with Gasteiger partial charge in [-0.25, -0.2) is 0 Å². The second kappa shape index (κ2) is 7.20. The van der Waals surface area contributed by atoms with Crippen LogP contribution in [0, 0.1) is 0 Å². The number of carbonyl (C=O) groups excluding carboxylic acids is 1. The van der Waals surface area contributed by atoms with Gasteiger partial charge in [0, 0.05) is 48.7 Å². The molecule has 2 aliphatic rings. The van der Waals surface area contributed by atoms with E-state index in [1.54, 1.807) is 0 Å². The van der Waals surface area contributed by atoms with Crippen LogP contribution in [-0.2, 0) is 11.2 Å². The predicted molar refractivity (Wildman–Crippen MR) is 102 cm³/mol. The highest BCUT2D eigenvalue weighted by molar-refractivity contribution is 5.84. The number of amides is 1.